The van der Waals surface area contributed by atoms with E-state index in [0.717, 1.165) is 43.4 Å². The van der Waals surface area contributed by atoms with Gasteiger partial charge in [0.05, 0.1) is 19.1 Å². The second kappa shape index (κ2) is 23.6. The first-order valence-electron chi connectivity index (χ1n) is 20.9. The SMILES string of the molecule is CCC(C)C(CC(=O)C1CCCCN1C)C(=O)N(Cc1ccccc1)C(CC(OCOC)c1nc(C(=O)NC(Cc2ccccc2)CC(C)C(=O)OC)cs1)C(C)C. The number of hydrogen-bond acceptors (Lipinski definition) is 10. The lowest BCUT2D eigenvalue weighted by Crippen LogP contribution is -2.49. The summed E-state index contributed by atoms with van der Waals surface area (Å²) in [7, 11) is 4.94. The predicted molar refractivity (Wildman–Crippen MR) is 228 cm³/mol. The van der Waals surface area contributed by atoms with Gasteiger partial charge in [-0.1, -0.05) is 108 Å². The molecule has 0 radical (unpaired) electrons. The Morgan fingerprint density at radius 3 is 2.22 bits per heavy atom. The molecule has 12 heteroatoms. The molecule has 1 aliphatic rings. The number of methoxy groups -OCH3 is 2. The Hall–Kier alpha value is -3.97. The third kappa shape index (κ3) is 13.5. The standard InChI is InChI=1S/C46H66N4O7S/c1-9-32(4)37(26-41(51)39-22-16-17-23-49(39)6)45(53)50(28-35-20-14-11-15-21-35)40(31(2)3)27-42(57-30-55-7)44-48-38(29-58-44)43(52)47-36(24-33(5)46(54)56-8)25-34-18-12-10-13-19-34/h10-15,18-21,29,31-33,36-37,39-40,42H,9,16-17,22-28,30H2,1-8H3,(H,47,52). The second-order valence-electron chi connectivity index (χ2n) is 16.3. The van der Waals surface area contributed by atoms with Gasteiger partial charge in [-0.3, -0.25) is 24.1 Å². The summed E-state index contributed by atoms with van der Waals surface area (Å²) in [5.74, 6) is -1.45. The number of nitrogens with one attached hydrogen (secondary N) is 1. The van der Waals surface area contributed by atoms with Gasteiger partial charge in [-0.05, 0) is 62.2 Å². The van der Waals surface area contributed by atoms with Crippen LogP contribution < -0.4 is 5.32 Å². The number of carbonyl (C=O) groups is 4. The Morgan fingerprint density at radius 2 is 1.62 bits per heavy atom. The first kappa shape index (κ1) is 46.7. The van der Waals surface area contributed by atoms with Crippen LogP contribution in [-0.2, 0) is 41.6 Å². The van der Waals surface area contributed by atoms with Gasteiger partial charge in [0.2, 0.25) is 5.91 Å². The van der Waals surface area contributed by atoms with Crippen molar-refractivity contribution in [1.29, 1.82) is 0 Å². The number of likely N-dealkylation sites (tertiary alicyclic amines) is 1. The van der Waals surface area contributed by atoms with Crippen LogP contribution in [-0.4, -0.2) is 91.1 Å². The van der Waals surface area contributed by atoms with E-state index in [9.17, 15) is 14.4 Å². The van der Waals surface area contributed by atoms with Crippen molar-refractivity contribution in [2.75, 3.05) is 34.6 Å². The molecule has 0 saturated carbocycles. The normalized spacial score (nSPS) is 17.8. The van der Waals surface area contributed by atoms with E-state index in [1.807, 2.05) is 72.6 Å². The number of esters is 1. The van der Waals surface area contributed by atoms with Crippen LogP contribution in [0.15, 0.2) is 66.0 Å². The van der Waals surface area contributed by atoms with Crippen molar-refractivity contribution >= 4 is 34.9 Å². The van der Waals surface area contributed by atoms with Gasteiger partial charge < -0.3 is 24.4 Å². The van der Waals surface area contributed by atoms with E-state index in [0.29, 0.717) is 30.8 Å². The van der Waals surface area contributed by atoms with Crippen LogP contribution in [0.25, 0.3) is 0 Å². The molecule has 1 N–H and O–H groups in total. The van der Waals surface area contributed by atoms with Crippen LogP contribution in [0.1, 0.15) is 112 Å². The summed E-state index contributed by atoms with van der Waals surface area (Å²) in [6.45, 7) is 11.4. The van der Waals surface area contributed by atoms with Crippen molar-refractivity contribution in [1.82, 2.24) is 20.1 Å². The summed E-state index contributed by atoms with van der Waals surface area (Å²) in [6, 6.07) is 19.0. The number of carbonyl (C=O) groups excluding carboxylic acids is 4. The molecule has 2 aromatic carbocycles. The summed E-state index contributed by atoms with van der Waals surface area (Å²) >= 11 is 1.33. The molecule has 4 rings (SSSR count). The summed E-state index contributed by atoms with van der Waals surface area (Å²) in [5.41, 5.74) is 2.28. The molecule has 1 aliphatic heterocycles. The number of rotatable bonds is 23. The predicted octanol–water partition coefficient (Wildman–Crippen LogP) is 7.89. The zero-order chi connectivity index (χ0) is 42.2. The number of ether oxygens (including phenoxy) is 3. The first-order valence-corrected chi connectivity index (χ1v) is 21.8. The highest BCUT2D eigenvalue weighted by Crippen LogP contribution is 2.34. The highest BCUT2D eigenvalue weighted by atomic mass is 32.1. The Morgan fingerprint density at radius 1 is 0.948 bits per heavy atom. The smallest absolute Gasteiger partial charge is 0.308 e. The fraction of sp³-hybridized carbons (Fsp3) is 0.587. The lowest BCUT2D eigenvalue weighted by atomic mass is 9.82. The molecule has 0 aliphatic carbocycles. The molecule has 7 unspecified atom stereocenters. The molecule has 58 heavy (non-hydrogen) atoms. The van der Waals surface area contributed by atoms with E-state index in [2.05, 4.69) is 37.9 Å². The number of aromatic nitrogens is 1. The van der Waals surface area contributed by atoms with Crippen LogP contribution in [0.4, 0.5) is 0 Å². The van der Waals surface area contributed by atoms with Crippen molar-refractivity contribution in [3.8, 4) is 0 Å². The highest BCUT2D eigenvalue weighted by molar-refractivity contribution is 7.09. The van der Waals surface area contributed by atoms with Crippen LogP contribution in [0.2, 0.25) is 0 Å². The van der Waals surface area contributed by atoms with Crippen molar-refractivity contribution in [2.24, 2.45) is 23.7 Å². The third-order valence-electron chi connectivity index (χ3n) is 11.6. The summed E-state index contributed by atoms with van der Waals surface area (Å²) in [6.07, 6.45) is 4.63. The number of amides is 2. The Labute approximate surface area is 350 Å². The number of hydrogen-bond donors (Lipinski definition) is 1. The quantitative estimate of drug-likeness (QED) is 0.0751. The lowest BCUT2D eigenvalue weighted by Gasteiger charge is -2.40. The molecule has 7 atom stereocenters. The largest absolute Gasteiger partial charge is 0.469 e. The molecule has 2 amide bonds. The van der Waals surface area contributed by atoms with Crippen molar-refractivity contribution < 1.29 is 33.4 Å². The number of likely N-dealkylation sites (N-methyl/N-ethyl adjacent to an activating group) is 1. The maximum atomic E-state index is 15.1. The first-order chi connectivity index (χ1) is 27.9. The molecule has 2 heterocycles. The third-order valence-corrected chi connectivity index (χ3v) is 12.6. The van der Waals surface area contributed by atoms with Gasteiger partial charge in [-0.2, -0.15) is 0 Å². The average Bonchev–Trinajstić information content (AvgIpc) is 3.73. The van der Waals surface area contributed by atoms with E-state index in [4.69, 9.17) is 19.2 Å². The van der Waals surface area contributed by atoms with Crippen LogP contribution in [0.3, 0.4) is 0 Å². The summed E-state index contributed by atoms with van der Waals surface area (Å²) in [5, 5.41) is 5.44. The number of ketones is 1. The van der Waals surface area contributed by atoms with Crippen LogP contribution in [0.5, 0.6) is 0 Å². The average molecular weight is 819 g/mol. The van der Waals surface area contributed by atoms with Crippen LogP contribution >= 0.6 is 11.3 Å². The fourth-order valence-electron chi connectivity index (χ4n) is 7.99. The van der Waals surface area contributed by atoms with Gasteiger partial charge in [0.1, 0.15) is 23.6 Å². The molecule has 3 aromatic rings. The molecule has 318 valence electrons. The Bertz CT molecular complexity index is 1720. The Balaban J connectivity index is 1.63. The Kier molecular flexibility index (Phi) is 19.0. The second-order valence-corrected chi connectivity index (χ2v) is 17.2. The van der Waals surface area contributed by atoms with Crippen LogP contribution in [0, 0.1) is 23.7 Å². The maximum Gasteiger partial charge on any atom is 0.308 e. The topological polar surface area (TPSA) is 127 Å². The summed E-state index contributed by atoms with van der Waals surface area (Å²) in [4.78, 5) is 64.1. The molecular weight excluding hydrogens is 753 g/mol. The number of thiazole rings is 1. The molecule has 11 nitrogen and oxygen atoms in total. The van der Waals surface area contributed by atoms with Gasteiger partial charge in [0.25, 0.3) is 5.91 Å². The molecule has 0 bridgehead atoms. The van der Waals surface area contributed by atoms with Crippen molar-refractivity contribution in [2.45, 2.75) is 117 Å². The van der Waals surface area contributed by atoms with Crippen molar-refractivity contribution in [3.63, 3.8) is 0 Å². The molecular formula is C46H66N4O7S. The van der Waals surface area contributed by atoms with E-state index >= 15 is 4.79 Å². The van der Waals surface area contributed by atoms with Gasteiger partial charge in [0.15, 0.2) is 5.78 Å². The van der Waals surface area contributed by atoms with Gasteiger partial charge >= 0.3 is 5.97 Å². The maximum absolute atomic E-state index is 15.1. The van der Waals surface area contributed by atoms with Crippen molar-refractivity contribution in [3.05, 3.63) is 87.9 Å². The lowest BCUT2D eigenvalue weighted by molar-refractivity contribution is -0.146. The number of nitrogens with zero attached hydrogens (tertiary/aromatic N) is 3. The zero-order valence-electron chi connectivity index (χ0n) is 35.9. The fourth-order valence-corrected chi connectivity index (χ4v) is 8.85. The molecule has 1 fully saturated rings. The zero-order valence-corrected chi connectivity index (χ0v) is 36.7. The van der Waals surface area contributed by atoms with E-state index in [-0.39, 0.29) is 72.4 Å². The minimum Gasteiger partial charge on any atom is -0.469 e. The number of piperidine rings is 1. The van der Waals surface area contributed by atoms with E-state index in [1.54, 1.807) is 19.4 Å². The highest BCUT2D eigenvalue weighted by Gasteiger charge is 2.39. The monoisotopic (exact) mass is 818 g/mol. The van der Waals surface area contributed by atoms with E-state index in [1.165, 1.54) is 18.4 Å². The van der Waals surface area contributed by atoms with Gasteiger partial charge in [-0.15, -0.1) is 11.3 Å². The molecule has 0 spiro atoms. The summed E-state index contributed by atoms with van der Waals surface area (Å²) < 4.78 is 16.7. The molecule has 1 aromatic heterocycles. The minimum absolute atomic E-state index is 0.00155. The molecule has 1 saturated heterocycles. The minimum atomic E-state index is -0.594. The van der Waals surface area contributed by atoms with Gasteiger partial charge in [0, 0.05) is 49.9 Å². The number of Topliss-reactive ketones (excluding diaryl/α,β-unsaturated/α-hetero) is 1. The van der Waals surface area contributed by atoms with Gasteiger partial charge in [-0.25, -0.2) is 4.98 Å². The number of benzene rings is 2. The van der Waals surface area contributed by atoms with E-state index < -0.39 is 17.9 Å².